The van der Waals surface area contributed by atoms with E-state index in [9.17, 15) is 0 Å². The number of nitrogens with zero attached hydrogens (tertiary/aromatic N) is 1. The molecule has 0 aromatic carbocycles. The van der Waals surface area contributed by atoms with E-state index in [4.69, 9.17) is 5.26 Å². The van der Waals surface area contributed by atoms with Crippen molar-refractivity contribution in [1.82, 2.24) is 5.32 Å². The molecule has 0 radical (unpaired) electrons. The van der Waals surface area contributed by atoms with Crippen molar-refractivity contribution in [3.8, 4) is 6.07 Å². The lowest BCUT2D eigenvalue weighted by Crippen LogP contribution is -2.27. The van der Waals surface area contributed by atoms with E-state index in [0.29, 0.717) is 0 Å². The maximum atomic E-state index is 8.86. The van der Waals surface area contributed by atoms with Crippen molar-refractivity contribution in [3.05, 3.63) is 21.4 Å². The van der Waals surface area contributed by atoms with Crippen LogP contribution in [-0.4, -0.2) is 6.54 Å². The maximum absolute atomic E-state index is 8.86. The molecule has 0 amide bonds. The highest BCUT2D eigenvalue weighted by molar-refractivity contribution is 7.12. The minimum absolute atomic E-state index is 0.279. The van der Waals surface area contributed by atoms with E-state index in [1.165, 1.54) is 15.3 Å². The van der Waals surface area contributed by atoms with E-state index < -0.39 is 0 Å². The molecule has 3 heteroatoms. The summed E-state index contributed by atoms with van der Waals surface area (Å²) in [5.74, 6) is 0. The molecular formula is C12H18N2S. The van der Waals surface area contributed by atoms with Crippen molar-refractivity contribution in [2.45, 2.75) is 34.2 Å². The Morgan fingerprint density at radius 2 is 2.13 bits per heavy atom. The second-order valence-corrected chi connectivity index (χ2v) is 6.00. The Hall–Kier alpha value is -0.850. The van der Waals surface area contributed by atoms with Gasteiger partial charge in [-0.25, -0.2) is 0 Å². The summed E-state index contributed by atoms with van der Waals surface area (Å²) in [4.78, 5) is 2.72. The zero-order valence-corrected chi connectivity index (χ0v) is 10.7. The monoisotopic (exact) mass is 222 g/mol. The van der Waals surface area contributed by atoms with Gasteiger partial charge in [0.05, 0.1) is 11.5 Å². The number of hydrogen-bond donors (Lipinski definition) is 1. The lowest BCUT2D eigenvalue weighted by atomic mass is 9.96. The van der Waals surface area contributed by atoms with Crippen LogP contribution in [-0.2, 0) is 6.54 Å². The Labute approximate surface area is 95.9 Å². The van der Waals surface area contributed by atoms with E-state index >= 15 is 0 Å². The van der Waals surface area contributed by atoms with Crippen molar-refractivity contribution in [1.29, 1.82) is 5.26 Å². The highest BCUT2D eigenvalue weighted by Gasteiger charge is 2.15. The number of thiophene rings is 1. The standard InChI is InChI=1S/C12H18N2S/c1-9-5-11(10(2)15-9)6-14-8-12(3,4)7-13/h5,14H,6,8H2,1-4H3. The van der Waals surface area contributed by atoms with Crippen LogP contribution < -0.4 is 5.32 Å². The van der Waals surface area contributed by atoms with E-state index in [2.05, 4.69) is 31.3 Å². The Kier molecular flexibility index (Phi) is 3.90. The first kappa shape index (κ1) is 12.2. The summed E-state index contributed by atoms with van der Waals surface area (Å²) in [6.07, 6.45) is 0. The molecule has 2 nitrogen and oxygen atoms in total. The molecule has 1 heterocycles. The maximum Gasteiger partial charge on any atom is 0.0697 e. The van der Waals surface area contributed by atoms with Gasteiger partial charge >= 0.3 is 0 Å². The third kappa shape index (κ3) is 3.65. The summed E-state index contributed by atoms with van der Waals surface area (Å²) in [5.41, 5.74) is 1.07. The summed E-state index contributed by atoms with van der Waals surface area (Å²) < 4.78 is 0. The summed E-state index contributed by atoms with van der Waals surface area (Å²) in [5, 5.41) is 12.2. The Balaban J connectivity index is 2.46. The lowest BCUT2D eigenvalue weighted by Gasteiger charge is -2.15. The van der Waals surface area contributed by atoms with Gasteiger partial charge in [0.1, 0.15) is 0 Å². The minimum Gasteiger partial charge on any atom is -0.311 e. The predicted molar refractivity (Wildman–Crippen MR) is 64.9 cm³/mol. The summed E-state index contributed by atoms with van der Waals surface area (Å²) in [7, 11) is 0. The molecule has 0 aliphatic rings. The highest BCUT2D eigenvalue weighted by Crippen LogP contribution is 2.20. The molecule has 0 saturated heterocycles. The Morgan fingerprint density at radius 1 is 1.47 bits per heavy atom. The van der Waals surface area contributed by atoms with Crippen LogP contribution in [0.4, 0.5) is 0 Å². The van der Waals surface area contributed by atoms with Crippen LogP contribution in [0.15, 0.2) is 6.07 Å². The normalized spacial score (nSPS) is 11.4. The third-order valence-corrected chi connectivity index (χ3v) is 3.34. The first-order valence-corrected chi connectivity index (χ1v) is 5.94. The van der Waals surface area contributed by atoms with Gasteiger partial charge in [0.25, 0.3) is 0 Å². The molecule has 15 heavy (non-hydrogen) atoms. The van der Waals surface area contributed by atoms with Gasteiger partial charge in [0.15, 0.2) is 0 Å². The summed E-state index contributed by atoms with van der Waals surface area (Å²) >= 11 is 1.83. The fraction of sp³-hybridized carbons (Fsp3) is 0.583. The van der Waals surface area contributed by atoms with Crippen LogP contribution >= 0.6 is 11.3 Å². The highest BCUT2D eigenvalue weighted by atomic mass is 32.1. The van der Waals surface area contributed by atoms with Crippen LogP contribution in [0, 0.1) is 30.6 Å². The lowest BCUT2D eigenvalue weighted by molar-refractivity contribution is 0.445. The molecule has 0 spiro atoms. The smallest absolute Gasteiger partial charge is 0.0697 e. The van der Waals surface area contributed by atoms with E-state index in [1.807, 2.05) is 25.2 Å². The molecule has 0 unspecified atom stereocenters. The largest absolute Gasteiger partial charge is 0.311 e. The molecule has 0 aliphatic carbocycles. The molecule has 0 bridgehead atoms. The fourth-order valence-corrected chi connectivity index (χ4v) is 2.35. The number of nitriles is 1. The third-order valence-electron chi connectivity index (χ3n) is 2.33. The van der Waals surface area contributed by atoms with Crippen molar-refractivity contribution in [3.63, 3.8) is 0 Å². The zero-order chi connectivity index (χ0) is 11.5. The van der Waals surface area contributed by atoms with Gasteiger partial charge in [0, 0.05) is 22.8 Å². The number of rotatable bonds is 4. The van der Waals surface area contributed by atoms with Crippen molar-refractivity contribution in [2.75, 3.05) is 6.54 Å². The first-order chi connectivity index (χ1) is 6.94. The van der Waals surface area contributed by atoms with Gasteiger partial charge in [-0.2, -0.15) is 5.26 Å². The van der Waals surface area contributed by atoms with Gasteiger partial charge in [-0.3, -0.25) is 0 Å². The molecule has 1 N–H and O–H groups in total. The summed E-state index contributed by atoms with van der Waals surface area (Å²) in [6, 6.07) is 4.50. The molecule has 0 saturated carbocycles. The molecule has 0 fully saturated rings. The van der Waals surface area contributed by atoms with Crippen molar-refractivity contribution >= 4 is 11.3 Å². The number of nitrogens with one attached hydrogen (secondary N) is 1. The quantitative estimate of drug-likeness (QED) is 0.850. The van der Waals surface area contributed by atoms with E-state index in [0.717, 1.165) is 13.1 Å². The van der Waals surface area contributed by atoms with Gasteiger partial charge < -0.3 is 5.32 Å². The average molecular weight is 222 g/mol. The molecule has 1 aromatic heterocycles. The second-order valence-electron chi connectivity index (χ2n) is 4.54. The van der Waals surface area contributed by atoms with Gasteiger partial charge in [-0.15, -0.1) is 11.3 Å². The second kappa shape index (κ2) is 4.78. The van der Waals surface area contributed by atoms with Gasteiger partial charge in [-0.05, 0) is 39.3 Å². The Morgan fingerprint density at radius 3 is 2.60 bits per heavy atom. The molecule has 1 aromatic rings. The minimum atomic E-state index is -0.279. The fourth-order valence-electron chi connectivity index (χ4n) is 1.41. The van der Waals surface area contributed by atoms with Crippen molar-refractivity contribution in [2.24, 2.45) is 5.41 Å². The average Bonchev–Trinajstić information content (AvgIpc) is 2.45. The van der Waals surface area contributed by atoms with E-state index in [1.54, 1.807) is 0 Å². The molecule has 0 atom stereocenters. The van der Waals surface area contributed by atoms with Crippen LogP contribution in [0.25, 0.3) is 0 Å². The SMILES string of the molecule is Cc1cc(CNCC(C)(C)C#N)c(C)s1. The van der Waals surface area contributed by atoms with Crippen LogP contribution in [0.3, 0.4) is 0 Å². The molecule has 1 rings (SSSR count). The van der Waals surface area contributed by atoms with E-state index in [-0.39, 0.29) is 5.41 Å². The molecule has 82 valence electrons. The first-order valence-electron chi connectivity index (χ1n) is 5.12. The Bertz CT molecular complexity index is 371. The number of aryl methyl sites for hydroxylation is 2. The van der Waals surface area contributed by atoms with Gasteiger partial charge in [0.2, 0.25) is 0 Å². The van der Waals surface area contributed by atoms with Gasteiger partial charge in [-0.1, -0.05) is 0 Å². The summed E-state index contributed by atoms with van der Waals surface area (Å²) in [6.45, 7) is 9.76. The van der Waals surface area contributed by atoms with Crippen LogP contribution in [0.5, 0.6) is 0 Å². The number of hydrogen-bond acceptors (Lipinski definition) is 3. The molecule has 0 aliphatic heterocycles. The topological polar surface area (TPSA) is 35.8 Å². The zero-order valence-electron chi connectivity index (χ0n) is 9.85. The van der Waals surface area contributed by atoms with Crippen LogP contribution in [0.2, 0.25) is 0 Å². The predicted octanol–water partition coefficient (Wildman–Crippen LogP) is 3.00. The van der Waals surface area contributed by atoms with Crippen molar-refractivity contribution < 1.29 is 0 Å². The van der Waals surface area contributed by atoms with Crippen LogP contribution in [0.1, 0.15) is 29.2 Å². The molecular weight excluding hydrogens is 204 g/mol.